The maximum atomic E-state index is 12.0. The molecule has 7 heteroatoms. The fraction of sp³-hybridized carbons (Fsp3) is 0.111. The van der Waals surface area contributed by atoms with E-state index in [1.54, 1.807) is 23.6 Å². The van der Waals surface area contributed by atoms with E-state index in [0.717, 1.165) is 0 Å². The van der Waals surface area contributed by atoms with Crippen molar-refractivity contribution in [1.29, 1.82) is 0 Å². The van der Waals surface area contributed by atoms with Crippen LogP contribution in [-0.2, 0) is 4.79 Å². The highest BCUT2D eigenvalue weighted by Gasteiger charge is 2.21. The van der Waals surface area contributed by atoms with Gasteiger partial charge in [-0.2, -0.15) is 8.78 Å². The van der Waals surface area contributed by atoms with Crippen LogP contribution in [0.25, 0.3) is 0 Å². The molecule has 3 N–H and O–H groups in total. The molecular weight excluding hydrogens is 220 g/mol. The molecule has 3 amide bonds. The second-order valence-electron chi connectivity index (χ2n) is 2.79. The predicted molar refractivity (Wildman–Crippen MR) is 52.7 cm³/mol. The van der Waals surface area contributed by atoms with Crippen LogP contribution in [0.2, 0.25) is 0 Å². The Labute approximate surface area is 89.8 Å². The Hall–Kier alpha value is -2.18. The van der Waals surface area contributed by atoms with Gasteiger partial charge in [-0.05, 0) is 12.1 Å². The van der Waals surface area contributed by atoms with Crippen molar-refractivity contribution in [2.24, 2.45) is 5.73 Å². The molecule has 0 saturated heterocycles. The molecule has 0 fully saturated rings. The maximum absolute atomic E-state index is 12.0. The number of nitrogens with zero attached hydrogens (tertiary/aromatic N) is 1. The molecule has 0 saturated carbocycles. The first kappa shape index (κ1) is 11.9. The van der Waals surface area contributed by atoms with Gasteiger partial charge in [0.05, 0.1) is 5.69 Å². The molecule has 1 rings (SSSR count). The quantitative estimate of drug-likeness (QED) is 0.738. The van der Waals surface area contributed by atoms with Crippen molar-refractivity contribution >= 4 is 17.6 Å². The second kappa shape index (κ2) is 5.06. The van der Waals surface area contributed by atoms with Gasteiger partial charge in [0.25, 0.3) is 0 Å². The summed E-state index contributed by atoms with van der Waals surface area (Å²) in [6.07, 6.45) is -3.22. The number of benzene rings is 1. The van der Waals surface area contributed by atoms with Crippen molar-refractivity contribution in [2.45, 2.75) is 6.43 Å². The number of hydrogen-bond donors (Lipinski definition) is 2. The molecule has 0 aromatic heterocycles. The molecule has 86 valence electrons. The average molecular weight is 229 g/mol. The van der Waals surface area contributed by atoms with Crippen molar-refractivity contribution < 1.29 is 18.4 Å². The third-order valence-corrected chi connectivity index (χ3v) is 1.65. The molecular formula is C9H9F2N3O2. The molecule has 0 aliphatic carbocycles. The number of alkyl halides is 2. The van der Waals surface area contributed by atoms with Crippen LogP contribution < -0.4 is 16.2 Å². The standard InChI is InChI=1S/C9H9F2N3O2/c10-7(11)8(15)13-14(9(12)16)6-4-2-1-3-5-6/h1-5,7H,(H2,12,16)(H,13,15). The summed E-state index contributed by atoms with van der Waals surface area (Å²) < 4.78 is 24.0. The second-order valence-corrected chi connectivity index (χ2v) is 2.79. The predicted octanol–water partition coefficient (Wildman–Crippen LogP) is 0.868. The number of halogens is 2. The number of para-hydroxylation sites is 1. The molecule has 0 aliphatic heterocycles. The number of carbonyl (C=O) groups is 2. The first-order valence-electron chi connectivity index (χ1n) is 4.25. The van der Waals surface area contributed by atoms with Gasteiger partial charge in [0.2, 0.25) is 0 Å². The van der Waals surface area contributed by atoms with Crippen LogP contribution in [0, 0.1) is 0 Å². The zero-order valence-corrected chi connectivity index (χ0v) is 8.06. The number of amides is 3. The number of hydrogen-bond acceptors (Lipinski definition) is 2. The van der Waals surface area contributed by atoms with Gasteiger partial charge in [-0.3, -0.25) is 10.2 Å². The molecule has 0 atom stereocenters. The van der Waals surface area contributed by atoms with E-state index in [2.05, 4.69) is 0 Å². The topological polar surface area (TPSA) is 75.4 Å². The van der Waals surface area contributed by atoms with E-state index in [4.69, 9.17) is 5.73 Å². The summed E-state index contributed by atoms with van der Waals surface area (Å²) in [5.41, 5.74) is 6.84. The van der Waals surface area contributed by atoms with E-state index in [1.807, 2.05) is 0 Å². The van der Waals surface area contributed by atoms with Gasteiger partial charge in [0, 0.05) is 0 Å². The van der Waals surface area contributed by atoms with Gasteiger partial charge in [0.1, 0.15) is 0 Å². The van der Waals surface area contributed by atoms with Gasteiger partial charge in [-0.1, -0.05) is 18.2 Å². The lowest BCUT2D eigenvalue weighted by molar-refractivity contribution is -0.131. The number of carbonyl (C=O) groups excluding carboxylic acids is 2. The minimum absolute atomic E-state index is 0.198. The maximum Gasteiger partial charge on any atom is 0.338 e. The molecule has 16 heavy (non-hydrogen) atoms. The Morgan fingerprint density at radius 1 is 1.25 bits per heavy atom. The Kier molecular flexibility index (Phi) is 3.76. The summed E-state index contributed by atoms with van der Waals surface area (Å²) in [5, 5.41) is 0.550. The number of rotatable bonds is 2. The molecule has 0 bridgehead atoms. The number of hydrazine groups is 1. The summed E-state index contributed by atoms with van der Waals surface area (Å²) in [6.45, 7) is 0. The largest absolute Gasteiger partial charge is 0.350 e. The Bertz CT molecular complexity index is 384. The van der Waals surface area contributed by atoms with Crippen LogP contribution in [-0.4, -0.2) is 18.4 Å². The average Bonchev–Trinajstić information content (AvgIpc) is 2.26. The van der Waals surface area contributed by atoms with Gasteiger partial charge < -0.3 is 5.73 Å². The van der Waals surface area contributed by atoms with Crippen molar-refractivity contribution in [3.63, 3.8) is 0 Å². The summed E-state index contributed by atoms with van der Waals surface area (Å²) >= 11 is 0. The molecule has 0 radical (unpaired) electrons. The molecule has 0 spiro atoms. The van der Waals surface area contributed by atoms with Crippen molar-refractivity contribution in [1.82, 2.24) is 5.43 Å². The summed E-state index contributed by atoms with van der Waals surface area (Å²) in [4.78, 5) is 21.7. The molecule has 1 aromatic rings. The van der Waals surface area contributed by atoms with E-state index in [1.165, 1.54) is 12.1 Å². The molecule has 5 nitrogen and oxygen atoms in total. The lowest BCUT2D eigenvalue weighted by Crippen LogP contribution is -2.51. The van der Waals surface area contributed by atoms with Gasteiger partial charge >= 0.3 is 18.4 Å². The minimum atomic E-state index is -3.22. The minimum Gasteiger partial charge on any atom is -0.350 e. The Morgan fingerprint density at radius 2 is 1.81 bits per heavy atom. The van der Waals surface area contributed by atoms with Gasteiger partial charge in [0.15, 0.2) is 0 Å². The normalized spacial score (nSPS) is 9.94. The van der Waals surface area contributed by atoms with E-state index in [0.29, 0.717) is 5.01 Å². The van der Waals surface area contributed by atoms with Gasteiger partial charge in [-0.15, -0.1) is 0 Å². The molecule has 0 heterocycles. The first-order chi connectivity index (χ1) is 7.52. The van der Waals surface area contributed by atoms with E-state index in [-0.39, 0.29) is 5.69 Å². The number of primary amides is 1. The Balaban J connectivity index is 2.85. The number of urea groups is 1. The van der Waals surface area contributed by atoms with Crippen LogP contribution >= 0.6 is 0 Å². The zero-order valence-electron chi connectivity index (χ0n) is 8.06. The van der Waals surface area contributed by atoms with E-state index in [9.17, 15) is 18.4 Å². The molecule has 0 unspecified atom stereocenters. The zero-order chi connectivity index (χ0) is 12.1. The highest BCUT2D eigenvalue weighted by molar-refractivity contribution is 5.94. The van der Waals surface area contributed by atoms with Gasteiger partial charge in [-0.25, -0.2) is 9.80 Å². The lowest BCUT2D eigenvalue weighted by Gasteiger charge is -2.20. The summed E-state index contributed by atoms with van der Waals surface area (Å²) in [5.74, 6) is -1.59. The molecule has 1 aromatic carbocycles. The van der Waals surface area contributed by atoms with Crippen molar-refractivity contribution in [2.75, 3.05) is 5.01 Å². The third kappa shape index (κ3) is 2.91. The van der Waals surface area contributed by atoms with Crippen molar-refractivity contribution in [3.05, 3.63) is 30.3 Å². The van der Waals surface area contributed by atoms with Crippen molar-refractivity contribution in [3.8, 4) is 0 Å². The van der Waals surface area contributed by atoms with Crippen LogP contribution in [0.4, 0.5) is 19.3 Å². The first-order valence-corrected chi connectivity index (χ1v) is 4.25. The third-order valence-electron chi connectivity index (χ3n) is 1.65. The fourth-order valence-electron chi connectivity index (χ4n) is 0.983. The highest BCUT2D eigenvalue weighted by atomic mass is 19.3. The lowest BCUT2D eigenvalue weighted by atomic mass is 10.3. The number of anilines is 1. The van der Waals surface area contributed by atoms with E-state index >= 15 is 0 Å². The number of nitrogens with two attached hydrogens (primary N) is 1. The summed E-state index contributed by atoms with van der Waals surface area (Å²) in [7, 11) is 0. The van der Waals surface area contributed by atoms with Crippen LogP contribution in [0.5, 0.6) is 0 Å². The van der Waals surface area contributed by atoms with E-state index < -0.39 is 18.4 Å². The summed E-state index contributed by atoms with van der Waals surface area (Å²) in [6, 6.07) is 6.63. The highest BCUT2D eigenvalue weighted by Crippen LogP contribution is 2.10. The fourth-order valence-corrected chi connectivity index (χ4v) is 0.983. The SMILES string of the molecule is NC(=O)N(NC(=O)C(F)F)c1ccccc1. The van der Waals surface area contributed by atoms with Crippen LogP contribution in [0.3, 0.4) is 0 Å². The molecule has 0 aliphatic rings. The monoisotopic (exact) mass is 229 g/mol. The van der Waals surface area contributed by atoms with Crippen LogP contribution in [0.1, 0.15) is 0 Å². The smallest absolute Gasteiger partial charge is 0.338 e. The number of nitrogens with one attached hydrogen (secondary N) is 1. The van der Waals surface area contributed by atoms with Crippen LogP contribution in [0.15, 0.2) is 30.3 Å². The Morgan fingerprint density at radius 3 is 2.25 bits per heavy atom.